The van der Waals surface area contributed by atoms with Crippen molar-refractivity contribution in [3.63, 3.8) is 0 Å². The molecule has 2 aromatic heterocycles. The predicted octanol–water partition coefficient (Wildman–Crippen LogP) is 2.62. The zero-order valence-electron chi connectivity index (χ0n) is 27.4. The number of carbonyl (C=O) groups excluding carboxylic acids is 2. The molecule has 6 N–H and O–H groups in total. The number of hydrogen-bond acceptors (Lipinski definition) is 13. The van der Waals surface area contributed by atoms with Crippen LogP contribution in [-0.2, 0) is 35.3 Å². The van der Waals surface area contributed by atoms with Crippen LogP contribution in [0.4, 0.5) is 19.4 Å². The van der Waals surface area contributed by atoms with E-state index < -0.39 is 77.5 Å². The van der Waals surface area contributed by atoms with Crippen molar-refractivity contribution in [2.75, 3.05) is 11.9 Å². The molecule has 3 aromatic rings. The van der Waals surface area contributed by atoms with Gasteiger partial charge < -0.3 is 29.9 Å². The number of nitrogens with one attached hydrogen (secondary N) is 2. The van der Waals surface area contributed by atoms with E-state index in [9.17, 15) is 32.8 Å². The van der Waals surface area contributed by atoms with Gasteiger partial charge >= 0.3 is 12.0 Å². The summed E-state index contributed by atoms with van der Waals surface area (Å²) >= 11 is -2.31. The van der Waals surface area contributed by atoms with Crippen molar-refractivity contribution in [2.24, 2.45) is 0 Å². The van der Waals surface area contributed by atoms with E-state index in [4.69, 9.17) is 23.9 Å². The molecule has 5 rings (SSSR count). The minimum Gasteiger partial charge on any atom is -0.444 e. The number of aliphatic hydroxyl groups is 4. The average Bonchev–Trinajstić information content (AvgIpc) is 3.67. The molecule has 1 fully saturated rings. The highest BCUT2D eigenvalue weighted by Gasteiger charge is 2.64. The normalized spacial score (nSPS) is 23.7. The van der Waals surface area contributed by atoms with Crippen LogP contribution in [0.25, 0.3) is 11.2 Å². The summed E-state index contributed by atoms with van der Waals surface area (Å²) in [4.78, 5) is 37.2. The van der Waals surface area contributed by atoms with E-state index in [-0.39, 0.29) is 23.6 Å². The summed E-state index contributed by atoms with van der Waals surface area (Å²) in [6.45, 7) is 7.64. The molecule has 5 atom stereocenters. The monoisotopic (exact) mass is 714 g/mol. The number of anilines is 1. The summed E-state index contributed by atoms with van der Waals surface area (Å²) in [7, 11) is 0. The Hall–Kier alpha value is -3.72. The van der Waals surface area contributed by atoms with Crippen LogP contribution in [0.3, 0.4) is 0 Å². The first kappa shape index (κ1) is 38.1. The Kier molecular flexibility index (Phi) is 11.4. The van der Waals surface area contributed by atoms with Gasteiger partial charge in [-0.15, -0.1) is 0 Å². The average molecular weight is 715 g/mol. The Morgan fingerprint density at radius 1 is 1.12 bits per heavy atom. The molecule has 3 heterocycles. The number of fused-ring (bicyclic) bond motifs is 2. The number of carbonyl (C=O) groups is 2. The lowest BCUT2D eigenvalue weighted by atomic mass is 9.88. The minimum absolute atomic E-state index is 0.115. The molecule has 1 saturated heterocycles. The second-order valence-electron chi connectivity index (χ2n) is 13.0. The van der Waals surface area contributed by atoms with Gasteiger partial charge in [-0.3, -0.25) is 23.6 Å². The highest BCUT2D eigenvalue weighted by atomic mass is 32.2. The molecule has 0 saturated carbocycles. The van der Waals surface area contributed by atoms with Gasteiger partial charge in [0.2, 0.25) is 5.91 Å². The van der Waals surface area contributed by atoms with Gasteiger partial charge in [0.05, 0.1) is 19.0 Å². The zero-order valence-corrected chi connectivity index (χ0v) is 28.2. The third-order valence-corrected chi connectivity index (χ3v) is 7.99. The molecule has 16 nitrogen and oxygen atoms in total. The van der Waals surface area contributed by atoms with E-state index in [1.807, 2.05) is 0 Å². The van der Waals surface area contributed by atoms with E-state index in [0.717, 1.165) is 0 Å². The Morgan fingerprint density at radius 3 is 2.47 bits per heavy atom. The lowest BCUT2D eigenvalue weighted by molar-refractivity contribution is -0.226. The minimum atomic E-state index is -3.92. The first-order valence-electron chi connectivity index (χ1n) is 15.2. The molecule has 0 bridgehead atoms. The molecule has 270 valence electrons. The van der Waals surface area contributed by atoms with Crippen LogP contribution in [0.1, 0.15) is 83.8 Å². The van der Waals surface area contributed by atoms with Crippen molar-refractivity contribution in [1.29, 1.82) is 0 Å². The molecule has 2 aliphatic rings. The summed E-state index contributed by atoms with van der Waals surface area (Å²) in [5.74, 6) is -6.15. The number of hydrogen-bond donors (Lipinski definition) is 6. The summed E-state index contributed by atoms with van der Waals surface area (Å²) in [5, 5.41) is 39.5. The van der Waals surface area contributed by atoms with Crippen molar-refractivity contribution < 1.29 is 56.7 Å². The number of aromatic nitrogens is 4. The van der Waals surface area contributed by atoms with Crippen LogP contribution < -0.4 is 10.0 Å². The quantitative estimate of drug-likeness (QED) is 0.176. The molecular formula is C30H40F2N6O10S. The van der Waals surface area contributed by atoms with E-state index in [2.05, 4.69) is 25.0 Å². The summed E-state index contributed by atoms with van der Waals surface area (Å²) < 4.78 is 62.1. The predicted molar refractivity (Wildman–Crippen MR) is 169 cm³/mol. The number of halogens is 2. The summed E-state index contributed by atoms with van der Waals surface area (Å²) in [6, 6.07) is 5.46. The Morgan fingerprint density at radius 2 is 1.80 bits per heavy atom. The number of imidazole rings is 1. The molecule has 0 spiro atoms. The first-order valence-corrected chi connectivity index (χ1v) is 16.3. The zero-order chi connectivity index (χ0) is 36.4. The number of ether oxygens (including phenoxy) is 2. The molecule has 0 radical (unpaired) electrons. The van der Waals surface area contributed by atoms with Crippen LogP contribution in [0.2, 0.25) is 0 Å². The van der Waals surface area contributed by atoms with Crippen molar-refractivity contribution in [3.05, 3.63) is 48.0 Å². The summed E-state index contributed by atoms with van der Waals surface area (Å²) in [6.07, 6.45) is -1.46. The van der Waals surface area contributed by atoms with Crippen molar-refractivity contribution in [1.82, 2.24) is 24.2 Å². The van der Waals surface area contributed by atoms with Crippen molar-refractivity contribution in [3.8, 4) is 0 Å². The second kappa shape index (κ2) is 14.6. The fraction of sp³-hybridized carbons (Fsp3) is 0.567. The van der Waals surface area contributed by atoms with Crippen LogP contribution in [0, 0.1) is 0 Å². The third-order valence-electron chi connectivity index (χ3n) is 7.24. The number of amides is 2. The van der Waals surface area contributed by atoms with Crippen LogP contribution in [0.5, 0.6) is 0 Å². The lowest BCUT2D eigenvalue weighted by Crippen LogP contribution is -2.44. The molecule has 1 aromatic carbocycles. The topological polar surface area (TPSA) is 227 Å². The van der Waals surface area contributed by atoms with Crippen molar-refractivity contribution >= 4 is 40.2 Å². The maximum Gasteiger partial charge on any atom is 0.413 e. The van der Waals surface area contributed by atoms with Gasteiger partial charge in [0.25, 0.3) is 11.3 Å². The maximum absolute atomic E-state index is 14.8. The molecule has 2 amide bonds. The fourth-order valence-electron chi connectivity index (χ4n) is 5.19. The van der Waals surface area contributed by atoms with E-state index >= 15 is 0 Å². The smallest absolute Gasteiger partial charge is 0.413 e. The van der Waals surface area contributed by atoms with Gasteiger partial charge in [-0.1, -0.05) is 24.3 Å². The first-order chi connectivity index (χ1) is 22.7. The number of benzene rings is 1. The Balaban J connectivity index is 0.00000101. The standard InChI is InChI=1S/C27H32F2N6O8S.C3H8O2/c1-25(2,3)43-24(38)33-22-20-23(31-13-30-22)35(14-32-20)19-9-8-15(42-19)12-41-44(40)34-18(36)10-11-26(39)17-7-5-4-6-16(17)21(37)27(26,28)29;1-3(2,4)5/h4-7,13-15,19,21,37,39H,8-12H2,1-3H3,(H,34,36)(H,30,31,33,38);4-5H,1-2H3. The number of aliphatic hydroxyl groups excluding tert-OH is 1. The number of nitrogens with zero attached hydrogens (tertiary/aromatic N) is 4. The van der Waals surface area contributed by atoms with Gasteiger partial charge in [-0.2, -0.15) is 8.78 Å². The Labute approximate surface area is 282 Å². The van der Waals surface area contributed by atoms with Gasteiger partial charge in [0, 0.05) is 6.42 Å². The van der Waals surface area contributed by atoms with E-state index in [1.165, 1.54) is 50.8 Å². The lowest BCUT2D eigenvalue weighted by Gasteiger charge is -2.31. The molecule has 1 aliphatic carbocycles. The maximum atomic E-state index is 14.8. The fourth-order valence-corrected chi connectivity index (χ4v) is 5.81. The largest absolute Gasteiger partial charge is 0.444 e. The van der Waals surface area contributed by atoms with Crippen LogP contribution >= 0.6 is 0 Å². The highest BCUT2D eigenvalue weighted by molar-refractivity contribution is 7.78. The number of rotatable bonds is 9. The van der Waals surface area contributed by atoms with Gasteiger partial charge in [0.1, 0.15) is 24.3 Å². The second-order valence-corrected chi connectivity index (χ2v) is 13.9. The molecule has 19 heteroatoms. The highest BCUT2D eigenvalue weighted by Crippen LogP contribution is 2.56. The molecule has 49 heavy (non-hydrogen) atoms. The Bertz CT molecular complexity index is 1670. The van der Waals surface area contributed by atoms with Crippen LogP contribution in [-0.4, -0.2) is 86.2 Å². The van der Waals surface area contributed by atoms with Gasteiger partial charge in [0.15, 0.2) is 28.4 Å². The third kappa shape index (κ3) is 9.30. The molecule has 5 unspecified atom stereocenters. The molecule has 1 aliphatic heterocycles. The summed E-state index contributed by atoms with van der Waals surface area (Å²) in [5.41, 5.74) is -3.03. The van der Waals surface area contributed by atoms with Gasteiger partial charge in [-0.25, -0.2) is 24.0 Å². The van der Waals surface area contributed by atoms with E-state index in [0.29, 0.717) is 24.0 Å². The van der Waals surface area contributed by atoms with E-state index in [1.54, 1.807) is 25.3 Å². The van der Waals surface area contributed by atoms with Gasteiger partial charge in [-0.05, 0) is 65.0 Å². The van der Waals surface area contributed by atoms with Crippen molar-refractivity contribution in [2.45, 2.75) is 102 Å². The molecular weight excluding hydrogens is 674 g/mol. The number of alkyl halides is 2. The van der Waals surface area contributed by atoms with Crippen LogP contribution in [0.15, 0.2) is 36.9 Å². The SMILES string of the molecule is CC(C)(C)OC(=O)Nc1ncnc2c1ncn2C1CCC(COS(=O)NC(=O)CCC2(O)c3ccccc3C(O)C2(F)F)O1.CC(C)(O)O.